The van der Waals surface area contributed by atoms with E-state index in [4.69, 9.17) is 5.73 Å². The van der Waals surface area contributed by atoms with Crippen LogP contribution < -0.4 is 5.73 Å². The monoisotopic (exact) mass is 267 g/mol. The lowest BCUT2D eigenvalue weighted by Crippen LogP contribution is -2.32. The Morgan fingerprint density at radius 2 is 2.11 bits per heavy atom. The molecule has 1 rings (SSSR count). The molecule has 0 atom stereocenters. The van der Waals surface area contributed by atoms with Gasteiger partial charge < -0.3 is 10.5 Å². The number of halogens is 4. The van der Waals surface area contributed by atoms with Gasteiger partial charge >= 0.3 is 12.3 Å². The third kappa shape index (κ3) is 3.80. The molecule has 0 amide bonds. The molecule has 1 aromatic heterocycles. The Bertz CT molecular complexity index is 401. The van der Waals surface area contributed by atoms with Crippen molar-refractivity contribution < 1.29 is 22.3 Å². The highest BCUT2D eigenvalue weighted by Gasteiger charge is 2.40. The highest BCUT2D eigenvalue weighted by Crippen LogP contribution is 2.23. The normalized spacial score (nSPS) is 12.1. The van der Waals surface area contributed by atoms with Crippen LogP contribution in [-0.4, -0.2) is 28.9 Å². The van der Waals surface area contributed by atoms with Crippen LogP contribution in [0.1, 0.15) is 18.4 Å². The van der Waals surface area contributed by atoms with E-state index in [1.54, 1.807) is 0 Å². The van der Waals surface area contributed by atoms with Crippen molar-refractivity contribution in [2.75, 3.05) is 12.3 Å². The minimum Gasteiger partial charge on any atom is -0.396 e. The van der Waals surface area contributed by atoms with Gasteiger partial charge in [-0.05, 0) is 6.42 Å². The van der Waals surface area contributed by atoms with E-state index in [1.807, 2.05) is 6.92 Å². The van der Waals surface area contributed by atoms with Gasteiger partial charge in [-0.25, -0.2) is 18.7 Å². The first kappa shape index (κ1) is 14.6. The van der Waals surface area contributed by atoms with Gasteiger partial charge in [-0.3, -0.25) is 0 Å². The van der Waals surface area contributed by atoms with E-state index in [2.05, 4.69) is 14.7 Å². The van der Waals surface area contributed by atoms with Crippen LogP contribution in [0.2, 0.25) is 0 Å². The third-order valence-corrected chi connectivity index (χ3v) is 2.13. The fraction of sp³-hybridized carbons (Fsp3) is 0.600. The molecule has 0 fully saturated rings. The van der Waals surface area contributed by atoms with Crippen molar-refractivity contribution >= 4 is 5.69 Å². The second-order valence-electron chi connectivity index (χ2n) is 3.60. The molecule has 8 heteroatoms. The van der Waals surface area contributed by atoms with E-state index in [1.165, 1.54) is 6.20 Å². The highest BCUT2D eigenvalue weighted by molar-refractivity contribution is 5.39. The molecule has 102 valence electrons. The van der Waals surface area contributed by atoms with Gasteiger partial charge in [-0.15, -0.1) is 0 Å². The Labute approximate surface area is 101 Å². The quantitative estimate of drug-likeness (QED) is 0.801. The molecule has 0 saturated heterocycles. The molecule has 0 radical (unpaired) electrons. The van der Waals surface area contributed by atoms with E-state index in [0.29, 0.717) is 17.8 Å². The van der Waals surface area contributed by atoms with E-state index < -0.39 is 19.0 Å². The molecule has 0 unspecified atom stereocenters. The Balaban J connectivity index is 2.54. The van der Waals surface area contributed by atoms with Crippen molar-refractivity contribution in [3.8, 4) is 0 Å². The predicted molar refractivity (Wildman–Crippen MR) is 56.4 cm³/mol. The van der Waals surface area contributed by atoms with E-state index in [-0.39, 0.29) is 12.4 Å². The van der Waals surface area contributed by atoms with Gasteiger partial charge in [0, 0.05) is 0 Å². The number of hydrogen-bond donors (Lipinski definition) is 1. The highest BCUT2D eigenvalue weighted by atomic mass is 19.3. The van der Waals surface area contributed by atoms with E-state index in [9.17, 15) is 17.6 Å². The first-order valence-corrected chi connectivity index (χ1v) is 5.20. The second-order valence-corrected chi connectivity index (χ2v) is 3.60. The minimum atomic E-state index is -4.17. The van der Waals surface area contributed by atoms with Crippen molar-refractivity contribution in [2.24, 2.45) is 0 Å². The topological polar surface area (TPSA) is 61.0 Å². The average molecular weight is 267 g/mol. The van der Waals surface area contributed by atoms with Crippen molar-refractivity contribution in [3.63, 3.8) is 0 Å². The number of alkyl halides is 4. The van der Waals surface area contributed by atoms with Crippen LogP contribution >= 0.6 is 0 Å². The van der Waals surface area contributed by atoms with Crippen molar-refractivity contribution in [3.05, 3.63) is 17.7 Å². The summed E-state index contributed by atoms with van der Waals surface area (Å²) in [6.45, 7) is 0.0731. The summed E-state index contributed by atoms with van der Waals surface area (Å²) in [4.78, 5) is 7.72. The second kappa shape index (κ2) is 5.94. The van der Waals surface area contributed by atoms with Gasteiger partial charge in [-0.2, -0.15) is 8.78 Å². The third-order valence-electron chi connectivity index (χ3n) is 2.13. The molecule has 18 heavy (non-hydrogen) atoms. The average Bonchev–Trinajstić information content (AvgIpc) is 2.31. The number of hydrogen-bond acceptors (Lipinski definition) is 4. The maximum Gasteiger partial charge on any atom is 0.330 e. The van der Waals surface area contributed by atoms with Crippen LogP contribution in [0.3, 0.4) is 0 Å². The summed E-state index contributed by atoms with van der Waals surface area (Å²) >= 11 is 0. The Hall–Kier alpha value is -1.44. The van der Waals surface area contributed by atoms with Crippen LogP contribution in [0.5, 0.6) is 0 Å². The Morgan fingerprint density at radius 3 is 2.67 bits per heavy atom. The molecule has 1 heterocycles. The minimum absolute atomic E-state index is 0.131. The molecule has 0 aliphatic heterocycles. The summed E-state index contributed by atoms with van der Waals surface area (Å²) in [5, 5.41) is 0. The maximum atomic E-state index is 12.5. The summed E-state index contributed by atoms with van der Waals surface area (Å²) in [6, 6.07) is 0. The van der Waals surface area contributed by atoms with Crippen LogP contribution in [0, 0.1) is 0 Å². The van der Waals surface area contributed by atoms with Gasteiger partial charge in [-0.1, -0.05) is 6.92 Å². The van der Waals surface area contributed by atoms with Crippen LogP contribution in [0.4, 0.5) is 23.2 Å². The molecule has 0 aliphatic carbocycles. The van der Waals surface area contributed by atoms with Crippen LogP contribution in [0.15, 0.2) is 6.20 Å². The zero-order valence-electron chi connectivity index (χ0n) is 9.67. The lowest BCUT2D eigenvalue weighted by molar-refractivity contribution is -0.168. The number of ether oxygens (including phenoxy) is 1. The van der Waals surface area contributed by atoms with Gasteiger partial charge in [0.25, 0.3) is 0 Å². The zero-order valence-corrected chi connectivity index (χ0v) is 9.67. The molecule has 2 N–H and O–H groups in total. The number of nitrogens with zero attached hydrogens (tertiary/aromatic N) is 2. The lowest BCUT2D eigenvalue weighted by Gasteiger charge is -2.14. The van der Waals surface area contributed by atoms with Gasteiger partial charge in [0.05, 0.1) is 17.6 Å². The first-order valence-electron chi connectivity index (χ1n) is 5.20. The predicted octanol–water partition coefficient (Wildman–Crippen LogP) is 2.04. The van der Waals surface area contributed by atoms with Crippen LogP contribution in [-0.2, 0) is 17.8 Å². The smallest absolute Gasteiger partial charge is 0.330 e. The molecule has 0 aliphatic rings. The van der Waals surface area contributed by atoms with Gasteiger partial charge in [0.1, 0.15) is 13.2 Å². The van der Waals surface area contributed by atoms with Crippen LogP contribution in [0.25, 0.3) is 0 Å². The Kier molecular flexibility index (Phi) is 4.83. The number of aromatic nitrogens is 2. The number of aryl methyl sites for hydroxylation is 1. The largest absolute Gasteiger partial charge is 0.396 e. The van der Waals surface area contributed by atoms with Crippen molar-refractivity contribution in [2.45, 2.75) is 32.3 Å². The van der Waals surface area contributed by atoms with E-state index >= 15 is 0 Å². The number of anilines is 1. The molecular weight excluding hydrogens is 254 g/mol. The fourth-order valence-corrected chi connectivity index (χ4v) is 1.16. The summed E-state index contributed by atoms with van der Waals surface area (Å²) < 4.78 is 53.2. The van der Waals surface area contributed by atoms with Gasteiger partial charge in [0.2, 0.25) is 0 Å². The summed E-state index contributed by atoms with van der Waals surface area (Å²) in [6.07, 6.45) is -1.87. The SMILES string of the molecule is CCc1nc(COCC(F)(F)C(F)F)ncc1N. The number of nitrogen functional groups attached to an aromatic ring is 1. The number of rotatable bonds is 6. The molecule has 1 aromatic rings. The molecule has 0 spiro atoms. The van der Waals surface area contributed by atoms with E-state index in [0.717, 1.165) is 0 Å². The molecule has 0 bridgehead atoms. The first-order chi connectivity index (χ1) is 8.36. The molecule has 4 nitrogen and oxygen atoms in total. The number of nitrogens with two attached hydrogens (primary N) is 1. The Morgan fingerprint density at radius 1 is 1.44 bits per heavy atom. The maximum absolute atomic E-state index is 12.5. The summed E-state index contributed by atoms with van der Waals surface area (Å²) in [5.41, 5.74) is 6.50. The van der Waals surface area contributed by atoms with Gasteiger partial charge in [0.15, 0.2) is 5.82 Å². The zero-order chi connectivity index (χ0) is 13.8. The van der Waals surface area contributed by atoms with Crippen molar-refractivity contribution in [1.29, 1.82) is 0 Å². The molecular formula is C10H13F4N3O. The van der Waals surface area contributed by atoms with Crippen molar-refractivity contribution in [1.82, 2.24) is 9.97 Å². The summed E-state index contributed by atoms with van der Waals surface area (Å²) in [5.74, 6) is -4.03. The fourth-order valence-electron chi connectivity index (χ4n) is 1.16. The lowest BCUT2D eigenvalue weighted by atomic mass is 10.3. The standard InChI is InChI=1S/C10H13F4N3O/c1-2-7-6(15)3-16-8(17-7)4-18-5-10(13,14)9(11)12/h3,9H,2,4-5,15H2,1H3. The summed E-state index contributed by atoms with van der Waals surface area (Å²) in [7, 11) is 0. The molecule has 0 saturated carbocycles. The molecule has 0 aromatic carbocycles.